The summed E-state index contributed by atoms with van der Waals surface area (Å²) < 4.78 is 0. The predicted molar refractivity (Wildman–Crippen MR) is 324 cm³/mol. The van der Waals surface area contributed by atoms with Crippen LogP contribution in [0.5, 0.6) is 5.75 Å². The van der Waals surface area contributed by atoms with E-state index in [0.29, 0.717) is 48.3 Å². The molecule has 0 heterocycles. The Morgan fingerprint density at radius 1 is 0.477 bits per heavy atom. The molecule has 0 spiro atoms. The summed E-state index contributed by atoms with van der Waals surface area (Å²) in [5.41, 5.74) is 24.4. The Hall–Kier alpha value is -8.14. The first-order valence-corrected chi connectivity index (χ1v) is 30.0. The van der Waals surface area contributed by atoms with Crippen LogP contribution >= 0.6 is 11.8 Å². The molecule has 0 fully saturated rings. The summed E-state index contributed by atoms with van der Waals surface area (Å²) in [7, 11) is 0. The summed E-state index contributed by atoms with van der Waals surface area (Å²) in [6.07, 6.45) is 2.36. The molecule has 86 heavy (non-hydrogen) atoms. The number of carbonyl (C=O) groups excluding carboxylic acids is 10. The maximum absolute atomic E-state index is 14.6. The fraction of sp³-hybridized carbons (Fsp3) is 0.508. The predicted octanol–water partition coefficient (Wildman–Crippen LogP) is -1.22. The second-order valence-corrected chi connectivity index (χ2v) is 22.3. The van der Waals surface area contributed by atoms with Crippen molar-refractivity contribution in [1.29, 1.82) is 0 Å². The molecule has 3 rings (SSSR count). The third kappa shape index (κ3) is 27.3. The quantitative estimate of drug-likeness (QED) is 0.0297. The van der Waals surface area contributed by atoms with Crippen LogP contribution in [-0.4, -0.2) is 161 Å². The molecule has 3 aromatic rings. The molecule has 10 amide bonds. The molecule has 9 atom stereocenters. The van der Waals surface area contributed by atoms with Crippen molar-refractivity contribution in [2.75, 3.05) is 31.6 Å². The van der Waals surface area contributed by atoms with Crippen LogP contribution in [0, 0.1) is 5.92 Å². The van der Waals surface area contributed by atoms with Gasteiger partial charge in [0.05, 0.1) is 19.0 Å². The monoisotopic (exact) mass is 1220 g/mol. The number of unbranched alkanes of at least 4 members (excludes halogenated alkanes) is 2. The van der Waals surface area contributed by atoms with Crippen molar-refractivity contribution in [2.24, 2.45) is 28.9 Å². The van der Waals surface area contributed by atoms with Gasteiger partial charge >= 0.3 is 5.97 Å². The summed E-state index contributed by atoms with van der Waals surface area (Å²) in [6.45, 7) is 4.90. The van der Waals surface area contributed by atoms with E-state index in [-0.39, 0.29) is 69.6 Å². The molecule has 3 aromatic carbocycles. The SMILES string of the molecule is CSCCC(NC(=O)C(CC(C)C)NC(=O)CNC(=O)C(Cc1ccc(O)cc1)NC(=O)C(Cc1ccccc1)NC(=O)C(CCCCN)NC(=O)C(CC(=O)O)NC(=O)C(Cc1ccccc1)NC(=O)C(CCCCN)NC(=O)C(C)N)C(N)=O. The molecule has 0 aliphatic carbocycles. The van der Waals surface area contributed by atoms with Gasteiger partial charge in [0, 0.05) is 19.3 Å². The number of carbonyl (C=O) groups is 11. The number of phenolic OH excluding ortho intramolecular Hbond substituents is 1. The number of amides is 10. The summed E-state index contributed by atoms with van der Waals surface area (Å²) in [6, 6.07) is 10.8. The van der Waals surface area contributed by atoms with Gasteiger partial charge in [-0.1, -0.05) is 86.6 Å². The van der Waals surface area contributed by atoms with Gasteiger partial charge in [-0.25, -0.2) is 0 Å². The standard InChI is InChI=1S/C59H87N13O13S/c1-35(2)29-44(56(82)66-41(51(63)77)25-28-86-4)65-49(74)34-64-53(79)45(32-39-21-23-40(73)24-22-39)69-57(83)46(30-37-15-7-5-8-16-37)71-55(81)43(20-12-14-27-61)68-59(85)48(33-50(75)76)72-58(84)47(31-38-17-9-6-10-18-38)70-54(80)42(19-11-13-26-60)67-52(78)36(3)62/h5-10,15-18,21-24,35-36,41-48,73H,11-14,19-20,25-34,60-62H2,1-4H3,(H2,63,77)(H,64,79)(H,65,74)(H,66,82)(H,67,78)(H,68,85)(H,69,83)(H,70,80)(H,71,81)(H,72,84)(H,75,76). The first kappa shape index (κ1) is 72.1. The summed E-state index contributed by atoms with van der Waals surface area (Å²) >= 11 is 1.45. The molecule has 19 N–H and O–H groups in total. The Morgan fingerprint density at radius 2 is 0.872 bits per heavy atom. The van der Waals surface area contributed by atoms with E-state index >= 15 is 0 Å². The highest BCUT2D eigenvalue weighted by atomic mass is 32.2. The highest BCUT2D eigenvalue weighted by Gasteiger charge is 2.35. The van der Waals surface area contributed by atoms with E-state index in [1.807, 2.05) is 20.1 Å². The average molecular weight is 1220 g/mol. The molecule has 0 saturated heterocycles. The lowest BCUT2D eigenvalue weighted by Gasteiger charge is -2.28. The molecule has 26 nitrogen and oxygen atoms in total. The highest BCUT2D eigenvalue weighted by molar-refractivity contribution is 7.98. The zero-order valence-electron chi connectivity index (χ0n) is 49.3. The Kier molecular flexibility index (Phi) is 32.5. The van der Waals surface area contributed by atoms with Crippen LogP contribution in [0.1, 0.15) is 95.2 Å². The van der Waals surface area contributed by atoms with Crippen LogP contribution in [0.2, 0.25) is 0 Å². The van der Waals surface area contributed by atoms with Crippen molar-refractivity contribution in [3.63, 3.8) is 0 Å². The van der Waals surface area contributed by atoms with E-state index in [9.17, 15) is 63.0 Å². The molecule has 0 aromatic heterocycles. The van der Waals surface area contributed by atoms with Crippen LogP contribution in [0.3, 0.4) is 0 Å². The molecule has 27 heteroatoms. The number of aromatic hydroxyl groups is 1. The smallest absolute Gasteiger partial charge is 0.305 e. The zero-order valence-corrected chi connectivity index (χ0v) is 50.1. The van der Waals surface area contributed by atoms with E-state index in [4.69, 9.17) is 22.9 Å². The van der Waals surface area contributed by atoms with E-state index in [1.165, 1.54) is 43.0 Å². The molecular formula is C59H87N13O13S. The van der Waals surface area contributed by atoms with E-state index < -0.39 is 132 Å². The van der Waals surface area contributed by atoms with Crippen molar-refractivity contribution in [1.82, 2.24) is 47.9 Å². The number of hydrogen-bond acceptors (Lipinski definition) is 16. The summed E-state index contributed by atoms with van der Waals surface area (Å²) in [5.74, 6) is -9.51. The molecule has 0 aliphatic rings. The van der Waals surface area contributed by atoms with Crippen molar-refractivity contribution >= 4 is 76.8 Å². The number of nitrogens with one attached hydrogen (secondary N) is 9. The molecule has 0 saturated carbocycles. The maximum Gasteiger partial charge on any atom is 0.305 e. The Morgan fingerprint density at radius 3 is 1.30 bits per heavy atom. The number of rotatable bonds is 40. The lowest BCUT2D eigenvalue weighted by atomic mass is 10.0. The van der Waals surface area contributed by atoms with Gasteiger partial charge in [0.1, 0.15) is 54.1 Å². The third-order valence-electron chi connectivity index (χ3n) is 13.5. The number of nitrogens with two attached hydrogens (primary N) is 4. The topological polar surface area (TPSA) is 441 Å². The van der Waals surface area contributed by atoms with Gasteiger partial charge in [0.15, 0.2) is 0 Å². The minimum absolute atomic E-state index is 0.0853. The van der Waals surface area contributed by atoms with Gasteiger partial charge in [-0.15, -0.1) is 0 Å². The minimum atomic E-state index is -1.84. The lowest BCUT2D eigenvalue weighted by Crippen LogP contribution is -2.60. The Bertz CT molecular complexity index is 2690. The lowest BCUT2D eigenvalue weighted by molar-refractivity contribution is -0.141. The average Bonchev–Trinajstić information content (AvgIpc) is 3.66. The largest absolute Gasteiger partial charge is 0.508 e. The third-order valence-corrected chi connectivity index (χ3v) is 14.1. The molecule has 472 valence electrons. The molecule has 9 unspecified atom stereocenters. The van der Waals surface area contributed by atoms with Crippen molar-refractivity contribution in [3.8, 4) is 5.75 Å². The number of carboxylic acids is 1. The first-order chi connectivity index (χ1) is 40.9. The molecule has 0 radical (unpaired) electrons. The number of benzene rings is 3. The second-order valence-electron chi connectivity index (χ2n) is 21.3. The minimum Gasteiger partial charge on any atom is -0.508 e. The normalized spacial score (nSPS) is 14.2. The van der Waals surface area contributed by atoms with Crippen molar-refractivity contribution in [2.45, 2.75) is 152 Å². The second kappa shape index (κ2) is 38.7. The van der Waals surface area contributed by atoms with Gasteiger partial charge in [-0.3, -0.25) is 52.7 Å². The number of phenols is 1. The van der Waals surface area contributed by atoms with Gasteiger partial charge in [-0.05, 0) is 118 Å². The van der Waals surface area contributed by atoms with Crippen LogP contribution in [-0.2, 0) is 72.0 Å². The number of primary amides is 1. The first-order valence-electron chi connectivity index (χ1n) is 28.7. The van der Waals surface area contributed by atoms with E-state index in [0.717, 1.165) is 0 Å². The number of aliphatic carboxylic acids is 1. The molecular weight excluding hydrogens is 1130 g/mol. The Balaban J connectivity index is 1.96. The van der Waals surface area contributed by atoms with Crippen LogP contribution < -0.4 is 70.8 Å². The number of hydrogen-bond donors (Lipinski definition) is 15. The van der Waals surface area contributed by atoms with Gasteiger partial charge in [0.2, 0.25) is 59.1 Å². The van der Waals surface area contributed by atoms with Gasteiger partial charge in [0.25, 0.3) is 0 Å². The van der Waals surface area contributed by atoms with E-state index in [2.05, 4.69) is 47.9 Å². The summed E-state index contributed by atoms with van der Waals surface area (Å²) in [5, 5.41) is 43.4. The van der Waals surface area contributed by atoms with Crippen LogP contribution in [0.15, 0.2) is 84.9 Å². The van der Waals surface area contributed by atoms with Crippen molar-refractivity contribution in [3.05, 3.63) is 102 Å². The molecule has 0 bridgehead atoms. The Labute approximate surface area is 505 Å². The zero-order chi connectivity index (χ0) is 63.7. The van der Waals surface area contributed by atoms with Crippen LogP contribution in [0.25, 0.3) is 0 Å². The highest BCUT2D eigenvalue weighted by Crippen LogP contribution is 2.15. The fourth-order valence-electron chi connectivity index (χ4n) is 8.80. The number of thioether (sulfide) groups is 1. The van der Waals surface area contributed by atoms with E-state index in [1.54, 1.807) is 60.7 Å². The fourth-order valence-corrected chi connectivity index (χ4v) is 9.27. The van der Waals surface area contributed by atoms with Gasteiger partial charge < -0.3 is 81.0 Å². The summed E-state index contributed by atoms with van der Waals surface area (Å²) in [4.78, 5) is 150. The maximum atomic E-state index is 14.6. The van der Waals surface area contributed by atoms with Crippen LogP contribution in [0.4, 0.5) is 0 Å². The van der Waals surface area contributed by atoms with Gasteiger partial charge in [-0.2, -0.15) is 11.8 Å². The molecule has 0 aliphatic heterocycles. The number of carboxylic acid groups (broad SMARTS) is 1. The van der Waals surface area contributed by atoms with Crippen molar-refractivity contribution < 1.29 is 63.0 Å².